The third kappa shape index (κ3) is 4.92. The summed E-state index contributed by atoms with van der Waals surface area (Å²) in [4.78, 5) is 23.6. The lowest BCUT2D eigenvalue weighted by atomic mass is 10.2. The number of hydrogen-bond donors (Lipinski definition) is 1. The third-order valence-electron chi connectivity index (χ3n) is 3.72. The number of aryl methyl sites for hydroxylation is 1. The molecule has 2 aromatic rings. The number of benzene rings is 1. The summed E-state index contributed by atoms with van der Waals surface area (Å²) in [6.45, 7) is 7.87. The van der Waals surface area contributed by atoms with Crippen molar-refractivity contribution in [2.24, 2.45) is 0 Å². The van der Waals surface area contributed by atoms with Gasteiger partial charge < -0.3 is 15.0 Å². The first-order valence-electron chi connectivity index (χ1n) is 8.64. The van der Waals surface area contributed by atoms with E-state index in [2.05, 4.69) is 34.0 Å². The van der Waals surface area contributed by atoms with E-state index in [4.69, 9.17) is 4.74 Å². The first kappa shape index (κ1) is 18.7. The number of nitrogens with one attached hydrogen (secondary N) is 1. The normalized spacial score (nSPS) is 10.4. The second-order valence-electron chi connectivity index (χ2n) is 5.80. The first-order chi connectivity index (χ1) is 12.1. The average molecular weight is 342 g/mol. The van der Waals surface area contributed by atoms with Crippen LogP contribution < -0.4 is 15.0 Å². The molecule has 0 aliphatic heterocycles. The fraction of sp³-hybridized carbons (Fsp3) is 0.421. The van der Waals surface area contributed by atoms with Crippen molar-refractivity contribution in [3.63, 3.8) is 0 Å². The summed E-state index contributed by atoms with van der Waals surface area (Å²) in [7, 11) is 1.57. The minimum Gasteiger partial charge on any atom is -0.495 e. The van der Waals surface area contributed by atoms with Crippen LogP contribution in [-0.2, 0) is 0 Å². The van der Waals surface area contributed by atoms with Gasteiger partial charge in [-0.25, -0.2) is 9.97 Å². The topological polar surface area (TPSA) is 67.4 Å². The lowest BCUT2D eigenvalue weighted by molar-refractivity contribution is 0.102. The molecule has 0 radical (unpaired) electrons. The van der Waals surface area contributed by atoms with Gasteiger partial charge in [0.25, 0.3) is 5.91 Å². The van der Waals surface area contributed by atoms with E-state index in [0.717, 1.165) is 31.7 Å². The Bertz CT molecular complexity index is 712. The van der Waals surface area contributed by atoms with Gasteiger partial charge in [0.1, 0.15) is 23.1 Å². The summed E-state index contributed by atoms with van der Waals surface area (Å²) in [5.74, 6) is 1.71. The van der Waals surface area contributed by atoms with Gasteiger partial charge in [-0.15, -0.1) is 0 Å². The van der Waals surface area contributed by atoms with Gasteiger partial charge in [0.15, 0.2) is 0 Å². The molecular weight excluding hydrogens is 316 g/mol. The fourth-order valence-corrected chi connectivity index (χ4v) is 2.65. The van der Waals surface area contributed by atoms with Crippen LogP contribution in [0.5, 0.6) is 5.75 Å². The summed E-state index contributed by atoms with van der Waals surface area (Å²) in [5.41, 5.74) is 0.970. The van der Waals surface area contributed by atoms with Crippen molar-refractivity contribution >= 4 is 17.4 Å². The Balaban J connectivity index is 2.27. The molecule has 2 rings (SSSR count). The van der Waals surface area contributed by atoms with Gasteiger partial charge in [-0.2, -0.15) is 0 Å². The van der Waals surface area contributed by atoms with Crippen LogP contribution in [0.2, 0.25) is 0 Å². The Kier molecular flexibility index (Phi) is 6.74. The van der Waals surface area contributed by atoms with Gasteiger partial charge in [0, 0.05) is 19.2 Å². The predicted octanol–water partition coefficient (Wildman–Crippen LogP) is 3.67. The van der Waals surface area contributed by atoms with Crippen LogP contribution in [0.3, 0.4) is 0 Å². The van der Waals surface area contributed by atoms with E-state index in [9.17, 15) is 4.79 Å². The molecule has 0 saturated heterocycles. The first-order valence-corrected chi connectivity index (χ1v) is 8.64. The van der Waals surface area contributed by atoms with Crippen molar-refractivity contribution in [1.29, 1.82) is 0 Å². The zero-order chi connectivity index (χ0) is 18.2. The predicted molar refractivity (Wildman–Crippen MR) is 101 cm³/mol. The molecular formula is C19H26N4O2. The molecule has 1 N–H and O–H groups in total. The van der Waals surface area contributed by atoms with E-state index in [1.165, 1.54) is 0 Å². The summed E-state index contributed by atoms with van der Waals surface area (Å²) < 4.78 is 5.28. The number of aromatic nitrogens is 2. The van der Waals surface area contributed by atoms with Gasteiger partial charge in [0.2, 0.25) is 0 Å². The number of amides is 1. The zero-order valence-corrected chi connectivity index (χ0v) is 15.4. The van der Waals surface area contributed by atoms with E-state index in [1.54, 1.807) is 32.2 Å². The molecule has 1 amide bonds. The van der Waals surface area contributed by atoms with Gasteiger partial charge in [-0.3, -0.25) is 4.79 Å². The molecule has 0 bridgehead atoms. The highest BCUT2D eigenvalue weighted by molar-refractivity contribution is 6.04. The van der Waals surface area contributed by atoms with Crippen molar-refractivity contribution in [2.45, 2.75) is 33.6 Å². The molecule has 0 aliphatic carbocycles. The molecule has 1 heterocycles. The van der Waals surface area contributed by atoms with Crippen LogP contribution in [0, 0.1) is 6.92 Å². The standard InChI is InChI=1S/C19H26N4O2/c1-5-11-23(12-6-2)18-13-16(20-14(3)21-18)19(24)22-15-9-7-8-10-17(15)25-4/h7-10,13H,5-6,11-12H2,1-4H3,(H,22,24). The van der Waals surface area contributed by atoms with Crippen molar-refractivity contribution in [3.05, 3.63) is 41.9 Å². The van der Waals surface area contributed by atoms with Gasteiger partial charge >= 0.3 is 0 Å². The Morgan fingerprint density at radius 3 is 2.48 bits per heavy atom. The van der Waals surface area contributed by atoms with Gasteiger partial charge in [-0.1, -0.05) is 26.0 Å². The molecule has 0 fully saturated rings. The number of anilines is 2. The maximum Gasteiger partial charge on any atom is 0.274 e. The number of ether oxygens (including phenoxy) is 1. The molecule has 0 unspecified atom stereocenters. The van der Waals surface area contributed by atoms with Gasteiger partial charge in [-0.05, 0) is 31.9 Å². The maximum atomic E-state index is 12.6. The second-order valence-corrected chi connectivity index (χ2v) is 5.80. The van der Waals surface area contributed by atoms with Crippen molar-refractivity contribution < 1.29 is 9.53 Å². The van der Waals surface area contributed by atoms with Crippen LogP contribution in [0.25, 0.3) is 0 Å². The lowest BCUT2D eigenvalue weighted by Gasteiger charge is -2.23. The summed E-state index contributed by atoms with van der Waals surface area (Å²) in [5, 5.41) is 2.86. The Morgan fingerprint density at radius 2 is 1.84 bits per heavy atom. The number of para-hydroxylation sites is 2. The zero-order valence-electron chi connectivity index (χ0n) is 15.4. The number of carbonyl (C=O) groups is 1. The Morgan fingerprint density at radius 1 is 1.16 bits per heavy atom. The lowest BCUT2D eigenvalue weighted by Crippen LogP contribution is -2.27. The molecule has 0 aliphatic rings. The minimum atomic E-state index is -0.274. The average Bonchev–Trinajstić information content (AvgIpc) is 2.61. The fourth-order valence-electron chi connectivity index (χ4n) is 2.65. The van der Waals surface area contributed by atoms with E-state index in [0.29, 0.717) is 23.0 Å². The van der Waals surface area contributed by atoms with Crippen LogP contribution in [-0.4, -0.2) is 36.1 Å². The quantitative estimate of drug-likeness (QED) is 0.793. The Labute approximate surface area is 149 Å². The number of nitrogens with zero attached hydrogens (tertiary/aromatic N) is 3. The van der Waals surface area contributed by atoms with E-state index < -0.39 is 0 Å². The smallest absolute Gasteiger partial charge is 0.274 e. The minimum absolute atomic E-state index is 0.274. The highest BCUT2D eigenvalue weighted by atomic mass is 16.5. The molecule has 25 heavy (non-hydrogen) atoms. The molecule has 1 aromatic carbocycles. The molecule has 0 spiro atoms. The molecule has 6 heteroatoms. The van der Waals surface area contributed by atoms with Crippen LogP contribution >= 0.6 is 0 Å². The molecule has 6 nitrogen and oxygen atoms in total. The van der Waals surface area contributed by atoms with Gasteiger partial charge in [0.05, 0.1) is 12.8 Å². The highest BCUT2D eigenvalue weighted by Crippen LogP contribution is 2.24. The highest BCUT2D eigenvalue weighted by Gasteiger charge is 2.15. The van der Waals surface area contributed by atoms with E-state index in [1.807, 2.05) is 12.1 Å². The third-order valence-corrected chi connectivity index (χ3v) is 3.72. The van der Waals surface area contributed by atoms with Crippen LogP contribution in [0.1, 0.15) is 43.0 Å². The molecule has 0 saturated carbocycles. The summed E-state index contributed by atoms with van der Waals surface area (Å²) in [6, 6.07) is 9.06. The maximum absolute atomic E-state index is 12.6. The molecule has 0 atom stereocenters. The summed E-state index contributed by atoms with van der Waals surface area (Å²) >= 11 is 0. The largest absolute Gasteiger partial charge is 0.495 e. The second kappa shape index (κ2) is 9.01. The Hall–Kier alpha value is -2.63. The molecule has 134 valence electrons. The number of rotatable bonds is 8. The van der Waals surface area contributed by atoms with Crippen LogP contribution in [0.4, 0.5) is 11.5 Å². The summed E-state index contributed by atoms with van der Waals surface area (Å²) in [6.07, 6.45) is 2.04. The number of carbonyl (C=O) groups excluding carboxylic acids is 1. The number of methoxy groups -OCH3 is 1. The van der Waals surface area contributed by atoms with Crippen molar-refractivity contribution in [3.8, 4) is 5.75 Å². The number of hydrogen-bond acceptors (Lipinski definition) is 5. The van der Waals surface area contributed by atoms with Crippen molar-refractivity contribution in [1.82, 2.24) is 9.97 Å². The monoisotopic (exact) mass is 342 g/mol. The SMILES string of the molecule is CCCN(CCC)c1cc(C(=O)Nc2ccccc2OC)nc(C)n1. The molecule has 1 aromatic heterocycles. The van der Waals surface area contributed by atoms with E-state index in [-0.39, 0.29) is 5.91 Å². The van der Waals surface area contributed by atoms with E-state index >= 15 is 0 Å². The van der Waals surface area contributed by atoms with Crippen molar-refractivity contribution in [2.75, 3.05) is 30.4 Å². The van der Waals surface area contributed by atoms with Crippen LogP contribution in [0.15, 0.2) is 30.3 Å².